The predicted octanol–water partition coefficient (Wildman–Crippen LogP) is 0.548. The van der Waals surface area contributed by atoms with Crippen LogP contribution in [0.3, 0.4) is 0 Å². The fourth-order valence-electron chi connectivity index (χ4n) is 2.30. The Balaban J connectivity index is 2.17. The number of hydrogen-bond donors (Lipinski definition) is 1. The van der Waals surface area contributed by atoms with Crippen LogP contribution in [0.1, 0.15) is 5.56 Å². The molecule has 1 fully saturated rings. The van der Waals surface area contributed by atoms with E-state index in [1.807, 2.05) is 24.3 Å². The van der Waals surface area contributed by atoms with Crippen LogP contribution in [0.2, 0.25) is 0 Å². The number of aliphatic carboxylic acids is 1. The molecule has 0 radical (unpaired) electrons. The van der Waals surface area contributed by atoms with Gasteiger partial charge in [-0.3, -0.25) is 4.79 Å². The molecule has 1 N–H and O–H groups in total. The minimum absolute atomic E-state index is 0.0884. The number of benzene rings is 1. The van der Waals surface area contributed by atoms with Crippen LogP contribution in [0.4, 0.5) is 0 Å². The van der Waals surface area contributed by atoms with E-state index < -0.39 is 18.1 Å². The number of likely N-dealkylation sites (N-methyl/N-ethyl adjacent to an activating group) is 1. The van der Waals surface area contributed by atoms with E-state index in [2.05, 4.69) is 0 Å². The zero-order chi connectivity index (χ0) is 14.7. The van der Waals surface area contributed by atoms with Crippen LogP contribution in [-0.2, 0) is 20.7 Å². The maximum absolute atomic E-state index is 11.5. The molecule has 0 spiro atoms. The number of carbonyl (C=O) groups is 2. The minimum Gasteiger partial charge on any atom is -0.497 e. The van der Waals surface area contributed by atoms with Gasteiger partial charge in [0, 0.05) is 13.5 Å². The van der Waals surface area contributed by atoms with Gasteiger partial charge in [-0.2, -0.15) is 0 Å². The molecule has 2 rings (SSSR count). The summed E-state index contributed by atoms with van der Waals surface area (Å²) in [7, 11) is 3.06. The summed E-state index contributed by atoms with van der Waals surface area (Å²) in [5, 5.41) is 9.28. The third-order valence-electron chi connectivity index (χ3n) is 3.41. The minimum atomic E-state index is -1.06. The highest BCUT2D eigenvalue weighted by Gasteiger charge is 2.39. The van der Waals surface area contributed by atoms with Crippen LogP contribution in [-0.4, -0.2) is 54.8 Å². The van der Waals surface area contributed by atoms with E-state index in [0.29, 0.717) is 12.2 Å². The second-order valence-electron chi connectivity index (χ2n) is 4.69. The fraction of sp³-hybridized carbons (Fsp3) is 0.429. The Morgan fingerprint density at radius 2 is 2.30 bits per heavy atom. The second-order valence-corrected chi connectivity index (χ2v) is 4.69. The van der Waals surface area contributed by atoms with Gasteiger partial charge in [0.1, 0.15) is 12.4 Å². The number of rotatable bonds is 4. The number of morpholine rings is 1. The fourth-order valence-corrected chi connectivity index (χ4v) is 2.30. The van der Waals surface area contributed by atoms with Crippen LogP contribution in [0.5, 0.6) is 5.75 Å². The van der Waals surface area contributed by atoms with Gasteiger partial charge in [0.25, 0.3) is 0 Å². The van der Waals surface area contributed by atoms with Crippen molar-refractivity contribution in [3.63, 3.8) is 0 Å². The highest BCUT2D eigenvalue weighted by molar-refractivity contribution is 5.85. The van der Waals surface area contributed by atoms with Gasteiger partial charge >= 0.3 is 5.97 Å². The molecule has 2 atom stereocenters. The largest absolute Gasteiger partial charge is 0.497 e. The Hall–Kier alpha value is -2.08. The standard InChI is InChI=1S/C14H17NO5/c1-15-12(16)8-20-11(13(15)14(17)18)7-9-4-3-5-10(6-9)19-2/h3-6,11,13H,7-8H2,1-2H3,(H,17,18). The molecule has 0 aromatic heterocycles. The lowest BCUT2D eigenvalue weighted by molar-refractivity contribution is -0.169. The van der Waals surface area contributed by atoms with Crippen molar-refractivity contribution in [3.05, 3.63) is 29.8 Å². The summed E-state index contributed by atoms with van der Waals surface area (Å²) >= 11 is 0. The van der Waals surface area contributed by atoms with Gasteiger partial charge in [0.15, 0.2) is 6.04 Å². The lowest BCUT2D eigenvalue weighted by Crippen LogP contribution is -2.57. The summed E-state index contributed by atoms with van der Waals surface area (Å²) in [6.07, 6.45) is -0.159. The number of carboxylic acids is 1. The zero-order valence-corrected chi connectivity index (χ0v) is 11.4. The van der Waals surface area contributed by atoms with Crippen molar-refractivity contribution >= 4 is 11.9 Å². The zero-order valence-electron chi connectivity index (χ0n) is 11.4. The van der Waals surface area contributed by atoms with E-state index in [-0.39, 0.29) is 12.5 Å². The third kappa shape index (κ3) is 2.91. The molecule has 20 heavy (non-hydrogen) atoms. The Morgan fingerprint density at radius 3 is 2.95 bits per heavy atom. The second kappa shape index (κ2) is 5.92. The summed E-state index contributed by atoms with van der Waals surface area (Å²) in [5.74, 6) is -0.678. The number of carboxylic acid groups (broad SMARTS) is 1. The van der Waals surface area contributed by atoms with Gasteiger partial charge < -0.3 is 19.5 Å². The van der Waals surface area contributed by atoms with Crippen LogP contribution in [0, 0.1) is 0 Å². The van der Waals surface area contributed by atoms with Gasteiger partial charge in [-0.1, -0.05) is 12.1 Å². The van der Waals surface area contributed by atoms with Gasteiger partial charge in [-0.15, -0.1) is 0 Å². The maximum atomic E-state index is 11.5. The summed E-state index contributed by atoms with van der Waals surface area (Å²) in [4.78, 5) is 24.1. The molecule has 1 amide bonds. The Labute approximate surface area is 116 Å². The summed E-state index contributed by atoms with van der Waals surface area (Å²) < 4.78 is 10.5. The third-order valence-corrected chi connectivity index (χ3v) is 3.41. The number of methoxy groups -OCH3 is 1. The number of amides is 1. The number of carbonyl (C=O) groups excluding carboxylic acids is 1. The normalized spacial score (nSPS) is 22.7. The molecule has 0 bridgehead atoms. The average molecular weight is 279 g/mol. The topological polar surface area (TPSA) is 76.1 Å². The molecule has 6 nitrogen and oxygen atoms in total. The van der Waals surface area contributed by atoms with Crippen molar-refractivity contribution in [1.29, 1.82) is 0 Å². The Morgan fingerprint density at radius 1 is 1.55 bits per heavy atom. The molecule has 1 heterocycles. The molecule has 0 aliphatic carbocycles. The first-order valence-corrected chi connectivity index (χ1v) is 6.26. The Kier molecular flexibility index (Phi) is 4.24. The van der Waals surface area contributed by atoms with E-state index in [4.69, 9.17) is 9.47 Å². The molecule has 108 valence electrons. The number of ether oxygens (including phenoxy) is 2. The highest BCUT2D eigenvalue weighted by atomic mass is 16.5. The highest BCUT2D eigenvalue weighted by Crippen LogP contribution is 2.20. The van der Waals surface area contributed by atoms with Crippen molar-refractivity contribution in [2.24, 2.45) is 0 Å². The van der Waals surface area contributed by atoms with E-state index in [9.17, 15) is 14.7 Å². The first-order chi connectivity index (χ1) is 9.52. The lowest BCUT2D eigenvalue weighted by atomic mass is 9.99. The molecule has 6 heteroatoms. The maximum Gasteiger partial charge on any atom is 0.329 e. The average Bonchev–Trinajstić information content (AvgIpc) is 2.43. The molecule has 1 saturated heterocycles. The molecule has 1 aromatic rings. The van der Waals surface area contributed by atoms with Gasteiger partial charge in [-0.25, -0.2) is 4.79 Å². The number of hydrogen-bond acceptors (Lipinski definition) is 4. The molecular formula is C14H17NO5. The Bertz CT molecular complexity index is 516. The SMILES string of the molecule is COc1cccc(CC2OCC(=O)N(C)C2C(=O)O)c1. The smallest absolute Gasteiger partial charge is 0.329 e. The molecule has 0 saturated carbocycles. The van der Waals surface area contributed by atoms with E-state index in [1.54, 1.807) is 7.11 Å². The van der Waals surface area contributed by atoms with Crippen molar-refractivity contribution in [2.75, 3.05) is 20.8 Å². The van der Waals surface area contributed by atoms with Crippen molar-refractivity contribution in [2.45, 2.75) is 18.6 Å². The molecular weight excluding hydrogens is 262 g/mol. The van der Waals surface area contributed by atoms with Crippen LogP contribution >= 0.6 is 0 Å². The van der Waals surface area contributed by atoms with Crippen molar-refractivity contribution in [3.8, 4) is 5.75 Å². The van der Waals surface area contributed by atoms with Gasteiger partial charge in [0.2, 0.25) is 5.91 Å². The molecule has 1 aliphatic rings. The summed E-state index contributed by atoms with van der Waals surface area (Å²) in [6, 6.07) is 6.39. The quantitative estimate of drug-likeness (QED) is 0.871. The van der Waals surface area contributed by atoms with Gasteiger partial charge in [-0.05, 0) is 17.7 Å². The summed E-state index contributed by atoms with van der Waals surface area (Å²) in [5.41, 5.74) is 0.906. The van der Waals surface area contributed by atoms with E-state index in [1.165, 1.54) is 11.9 Å². The first kappa shape index (κ1) is 14.3. The summed E-state index contributed by atoms with van der Waals surface area (Å²) in [6.45, 7) is -0.0884. The van der Waals surface area contributed by atoms with E-state index in [0.717, 1.165) is 5.56 Å². The number of nitrogens with zero attached hydrogens (tertiary/aromatic N) is 1. The lowest BCUT2D eigenvalue weighted by Gasteiger charge is -2.36. The van der Waals surface area contributed by atoms with Crippen LogP contribution in [0.25, 0.3) is 0 Å². The predicted molar refractivity (Wildman–Crippen MR) is 70.6 cm³/mol. The van der Waals surface area contributed by atoms with Crippen LogP contribution in [0.15, 0.2) is 24.3 Å². The van der Waals surface area contributed by atoms with Gasteiger partial charge in [0.05, 0.1) is 13.2 Å². The molecule has 1 aliphatic heterocycles. The first-order valence-electron chi connectivity index (χ1n) is 6.26. The molecule has 2 unspecified atom stereocenters. The van der Waals surface area contributed by atoms with E-state index >= 15 is 0 Å². The van der Waals surface area contributed by atoms with Crippen molar-refractivity contribution < 1.29 is 24.2 Å². The van der Waals surface area contributed by atoms with Crippen molar-refractivity contribution in [1.82, 2.24) is 4.90 Å². The molecule has 1 aromatic carbocycles. The van der Waals surface area contributed by atoms with Crippen LogP contribution < -0.4 is 4.74 Å². The monoisotopic (exact) mass is 279 g/mol.